The van der Waals surface area contributed by atoms with Gasteiger partial charge in [0.1, 0.15) is 0 Å². The Labute approximate surface area is 201 Å². The predicted octanol–water partition coefficient (Wildman–Crippen LogP) is 9.57. The molecule has 13 heteroatoms. The van der Waals surface area contributed by atoms with Gasteiger partial charge in [-0.2, -0.15) is 0 Å². The lowest BCUT2D eigenvalue weighted by Crippen LogP contribution is -1.84. The van der Waals surface area contributed by atoms with Gasteiger partial charge >= 0.3 is 0 Å². The molecule has 0 amide bonds. The minimum Gasteiger partial charge on any atom is -0.382 e. The Balaban J connectivity index is -0.0000000263. The van der Waals surface area contributed by atoms with Gasteiger partial charge in [-0.1, -0.05) is 0 Å². The number of rotatable bonds is 2. The minimum absolute atomic E-state index is 0.194. The number of ether oxygens (including phenoxy) is 1. The Morgan fingerprint density at radius 3 is 0.478 bits per heavy atom. The molecule has 0 heterocycles. The van der Waals surface area contributed by atoms with E-state index in [9.17, 15) is 0 Å². The largest absolute Gasteiger partial charge is 0.382 e. The number of alkyl halides is 12. The predicted molar refractivity (Wildman–Crippen MR) is 122 cm³/mol. The summed E-state index contributed by atoms with van der Waals surface area (Å²) in [7, 11) is 0. The average Bonchev–Trinajstić information content (AvgIpc) is 2.45. The van der Waals surface area contributed by atoms with Crippen LogP contribution in [-0.4, -0.2) is 45.2 Å². The van der Waals surface area contributed by atoms with Crippen molar-refractivity contribution in [2.24, 2.45) is 0 Å². The normalized spacial score (nSPS) is 6.52. The molecule has 0 spiro atoms. The van der Waals surface area contributed by atoms with Gasteiger partial charge in [0.2, 0.25) is 0 Å². The first-order valence-electron chi connectivity index (χ1n) is 5.20. The van der Waals surface area contributed by atoms with Crippen LogP contribution < -0.4 is 0 Å². The van der Waals surface area contributed by atoms with Crippen molar-refractivity contribution < 1.29 is 4.74 Å². The van der Waals surface area contributed by atoms with E-state index in [0.29, 0.717) is 0 Å². The molecule has 152 valence electrons. The van der Waals surface area contributed by atoms with Crippen LogP contribution >= 0.6 is 139 Å². The van der Waals surface area contributed by atoms with Gasteiger partial charge in [-0.25, -0.2) is 0 Å². The van der Waals surface area contributed by atoms with Crippen LogP contribution in [0.15, 0.2) is 0 Å². The van der Waals surface area contributed by atoms with Crippen LogP contribution in [0.5, 0.6) is 0 Å². The van der Waals surface area contributed by atoms with Crippen LogP contribution in [0.2, 0.25) is 0 Å². The van der Waals surface area contributed by atoms with E-state index in [1.54, 1.807) is 0 Å². The van der Waals surface area contributed by atoms with E-state index in [1.807, 2.05) is 13.8 Å². The third-order valence-electron chi connectivity index (χ3n) is 0.408. The molecular formula is C10H22Cl12O. The summed E-state index contributed by atoms with van der Waals surface area (Å²) in [6.45, 7) is 5.67. The van der Waals surface area contributed by atoms with E-state index < -0.39 is 0 Å². The van der Waals surface area contributed by atoms with Gasteiger partial charge in [0.15, 0.2) is 0 Å². The maximum absolute atomic E-state index is 4.83. The monoisotopic (exact) mass is 578 g/mol. The van der Waals surface area contributed by atoms with Crippen molar-refractivity contribution in [3.63, 3.8) is 0 Å². The van der Waals surface area contributed by atoms with Crippen LogP contribution in [0.1, 0.15) is 13.8 Å². The molecule has 0 aliphatic heterocycles. The summed E-state index contributed by atoms with van der Waals surface area (Å²) < 4.78 is 4.83. The molecule has 0 bridgehead atoms. The molecule has 23 heavy (non-hydrogen) atoms. The fourth-order valence-electron chi connectivity index (χ4n) is 0.204. The quantitative estimate of drug-likeness (QED) is 0.294. The van der Waals surface area contributed by atoms with Gasteiger partial charge in [0.25, 0.3) is 0 Å². The lowest BCUT2D eigenvalue weighted by atomic mass is 10.8. The van der Waals surface area contributed by atoms with Gasteiger partial charge < -0.3 is 4.74 Å². The van der Waals surface area contributed by atoms with Crippen LogP contribution in [0.3, 0.4) is 0 Å². The molecule has 0 radical (unpaired) electrons. The van der Waals surface area contributed by atoms with Gasteiger partial charge in [-0.3, -0.25) is 0 Å². The molecule has 0 saturated carbocycles. The molecule has 1 nitrogen and oxygen atoms in total. The molecular weight excluding hydrogens is 562 g/mol. The van der Waals surface area contributed by atoms with E-state index in [2.05, 4.69) is 0 Å². The third-order valence-corrected chi connectivity index (χ3v) is 0.408. The summed E-state index contributed by atoms with van der Waals surface area (Å²) in [4.78, 5) is 0. The Kier molecular flexibility index (Phi) is 193. The van der Waals surface area contributed by atoms with Gasteiger partial charge in [0, 0.05) is 13.2 Å². The summed E-state index contributed by atoms with van der Waals surface area (Å²) in [6, 6.07) is 0. The van der Waals surface area contributed by atoms with Crippen molar-refractivity contribution in [3.05, 3.63) is 0 Å². The first-order valence-corrected chi connectivity index (χ1v) is 11.6. The van der Waals surface area contributed by atoms with Crippen LogP contribution in [0.4, 0.5) is 0 Å². The summed E-state index contributed by atoms with van der Waals surface area (Å²) in [6.07, 6.45) is 0. The average molecular weight is 584 g/mol. The zero-order valence-electron chi connectivity index (χ0n) is 12.6. The van der Waals surface area contributed by atoms with Gasteiger partial charge in [-0.15, -0.1) is 139 Å². The number of hydrogen-bond acceptors (Lipinski definition) is 1. The Hall–Kier alpha value is 3.44. The molecule has 0 aliphatic rings. The molecule has 0 unspecified atom stereocenters. The van der Waals surface area contributed by atoms with Gasteiger partial charge in [0.05, 0.1) is 32.0 Å². The van der Waals surface area contributed by atoms with Gasteiger partial charge in [-0.05, 0) is 13.8 Å². The summed E-state index contributed by atoms with van der Waals surface area (Å²) in [5, 5.41) is 1.17. The van der Waals surface area contributed by atoms with E-state index in [4.69, 9.17) is 144 Å². The summed E-state index contributed by atoms with van der Waals surface area (Å²) in [5.41, 5.74) is 0. The number of hydrogen-bond donors (Lipinski definition) is 0. The lowest BCUT2D eigenvalue weighted by Gasteiger charge is -1.86. The smallest absolute Gasteiger partial charge is 0.0967 e. The molecule has 0 fully saturated rings. The van der Waals surface area contributed by atoms with E-state index in [0.717, 1.165) is 13.2 Å². The summed E-state index contributed by atoms with van der Waals surface area (Å²) in [5.74, 6) is 0. The Bertz CT molecular complexity index is 67.4. The van der Waals surface area contributed by atoms with Crippen molar-refractivity contribution in [2.45, 2.75) is 13.8 Å². The molecule has 0 aromatic rings. The molecule has 0 aromatic heterocycles. The fraction of sp³-hybridized carbons (Fsp3) is 1.00. The van der Waals surface area contributed by atoms with Crippen molar-refractivity contribution >= 4 is 139 Å². The molecule has 0 N–H and O–H groups in total. The SMILES string of the molecule is CCOCC.ClCCl.ClCCl.ClCCl.ClCCl.ClCCl.ClCCl. The first kappa shape index (κ1) is 45.3. The maximum Gasteiger partial charge on any atom is 0.0967 e. The highest BCUT2D eigenvalue weighted by Gasteiger charge is 1.64. The van der Waals surface area contributed by atoms with E-state index in [-0.39, 0.29) is 32.0 Å². The molecule has 0 aromatic carbocycles. The molecule has 0 rings (SSSR count). The zero-order valence-corrected chi connectivity index (χ0v) is 21.7. The minimum atomic E-state index is 0.194. The van der Waals surface area contributed by atoms with E-state index >= 15 is 0 Å². The van der Waals surface area contributed by atoms with Crippen molar-refractivity contribution in [1.29, 1.82) is 0 Å². The number of halogens is 12. The molecule has 0 aliphatic carbocycles. The highest BCUT2D eigenvalue weighted by Crippen LogP contribution is 1.74. The fourth-order valence-corrected chi connectivity index (χ4v) is 0.204. The van der Waals surface area contributed by atoms with Crippen molar-refractivity contribution in [3.8, 4) is 0 Å². The first-order chi connectivity index (χ1) is 10.9. The highest BCUT2D eigenvalue weighted by atomic mass is 35.5. The molecule has 0 saturated heterocycles. The Morgan fingerprint density at radius 1 is 0.391 bits per heavy atom. The van der Waals surface area contributed by atoms with Crippen LogP contribution in [0, 0.1) is 0 Å². The second kappa shape index (κ2) is 98.2. The lowest BCUT2D eigenvalue weighted by molar-refractivity contribution is 0.162. The maximum atomic E-state index is 4.83. The standard InChI is InChI=1S/C4H10O.6CH2Cl2/c1-3-5-4-2;6*2-1-3/h3-4H2,1-2H3;6*1H2. The molecule has 0 atom stereocenters. The summed E-state index contributed by atoms with van der Waals surface area (Å²) >= 11 is 57.2. The highest BCUT2D eigenvalue weighted by molar-refractivity contribution is 6.42. The second-order valence-electron chi connectivity index (χ2n) is 1.39. The van der Waals surface area contributed by atoms with Crippen molar-refractivity contribution in [1.82, 2.24) is 0 Å². The van der Waals surface area contributed by atoms with Crippen LogP contribution in [-0.2, 0) is 4.74 Å². The second-order valence-corrected chi connectivity index (χ2v) is 6.24. The van der Waals surface area contributed by atoms with Crippen molar-refractivity contribution in [2.75, 3.05) is 45.2 Å². The van der Waals surface area contributed by atoms with E-state index in [1.165, 1.54) is 0 Å². The Morgan fingerprint density at radius 2 is 0.478 bits per heavy atom. The van der Waals surface area contributed by atoms with Crippen LogP contribution in [0.25, 0.3) is 0 Å². The topological polar surface area (TPSA) is 9.23 Å². The third kappa shape index (κ3) is 472. The zero-order chi connectivity index (χ0) is 20.4.